The lowest BCUT2D eigenvalue weighted by Gasteiger charge is -2.12. The van der Waals surface area contributed by atoms with Crippen LogP contribution in [0.1, 0.15) is 25.0 Å². The van der Waals surface area contributed by atoms with Crippen molar-refractivity contribution in [3.63, 3.8) is 0 Å². The van der Waals surface area contributed by atoms with Gasteiger partial charge < -0.3 is 14.8 Å². The van der Waals surface area contributed by atoms with Gasteiger partial charge in [0.15, 0.2) is 0 Å². The second kappa shape index (κ2) is 8.84. The van der Waals surface area contributed by atoms with Crippen LogP contribution in [0.15, 0.2) is 36.4 Å². The predicted molar refractivity (Wildman–Crippen MR) is 102 cm³/mol. The van der Waals surface area contributed by atoms with Gasteiger partial charge in [-0.25, -0.2) is 0 Å². The quantitative estimate of drug-likeness (QED) is 0.641. The first-order chi connectivity index (χ1) is 11.5. The molecule has 0 saturated carbocycles. The molecule has 0 aliphatic heterocycles. The van der Waals surface area contributed by atoms with Crippen LogP contribution in [0.25, 0.3) is 0 Å². The third kappa shape index (κ3) is 5.64. The summed E-state index contributed by atoms with van der Waals surface area (Å²) in [6, 6.07) is 11.9. The number of rotatable bonds is 8. The molecule has 2 aromatic rings. The summed E-state index contributed by atoms with van der Waals surface area (Å²) < 4.78 is 11.5. The molecule has 24 heavy (non-hydrogen) atoms. The average Bonchev–Trinajstić information content (AvgIpc) is 2.55. The maximum atomic E-state index is 6.17. The van der Waals surface area contributed by atoms with Crippen LogP contribution < -0.4 is 14.8 Å². The molecule has 0 heterocycles. The highest BCUT2D eigenvalue weighted by atomic mass is 35.5. The summed E-state index contributed by atoms with van der Waals surface area (Å²) in [5.41, 5.74) is 3.13. The van der Waals surface area contributed by atoms with Gasteiger partial charge in [-0.2, -0.15) is 0 Å². The molecule has 0 unspecified atom stereocenters. The zero-order chi connectivity index (χ0) is 17.5. The van der Waals surface area contributed by atoms with Gasteiger partial charge in [-0.15, -0.1) is 0 Å². The van der Waals surface area contributed by atoms with Crippen LogP contribution in [0, 0.1) is 19.8 Å². The molecule has 0 aromatic heterocycles. The van der Waals surface area contributed by atoms with Crippen LogP contribution in [0.3, 0.4) is 0 Å². The standard InChI is InChI=1S/C20H26ClNO2/c1-14(2)13-24-18-7-5-17(6-8-18)22-9-10-23-19-11-15(3)20(21)16(4)12-19/h5-8,11-12,14,22H,9-10,13H2,1-4H3. The van der Waals surface area contributed by atoms with Gasteiger partial charge in [0.05, 0.1) is 6.61 Å². The van der Waals surface area contributed by atoms with Crippen LogP contribution in [0.4, 0.5) is 5.69 Å². The maximum absolute atomic E-state index is 6.17. The summed E-state index contributed by atoms with van der Waals surface area (Å²) in [4.78, 5) is 0. The molecule has 0 spiro atoms. The molecule has 130 valence electrons. The van der Waals surface area contributed by atoms with Gasteiger partial charge in [-0.1, -0.05) is 25.4 Å². The smallest absolute Gasteiger partial charge is 0.120 e. The van der Waals surface area contributed by atoms with E-state index in [9.17, 15) is 0 Å². The summed E-state index contributed by atoms with van der Waals surface area (Å²) in [5, 5.41) is 4.15. The van der Waals surface area contributed by atoms with E-state index in [1.165, 1.54) is 0 Å². The number of aryl methyl sites for hydroxylation is 2. The highest BCUT2D eigenvalue weighted by Gasteiger charge is 2.03. The Kier molecular flexibility index (Phi) is 6.80. The Labute approximate surface area is 149 Å². The van der Waals surface area contributed by atoms with Crippen LogP contribution >= 0.6 is 11.6 Å². The Bertz CT molecular complexity index is 630. The number of benzene rings is 2. The molecule has 3 nitrogen and oxygen atoms in total. The minimum Gasteiger partial charge on any atom is -0.493 e. The van der Waals surface area contributed by atoms with E-state index < -0.39 is 0 Å². The number of nitrogens with one attached hydrogen (secondary N) is 1. The Morgan fingerprint density at radius 3 is 2.17 bits per heavy atom. The van der Waals surface area contributed by atoms with E-state index in [-0.39, 0.29) is 0 Å². The molecule has 0 amide bonds. The monoisotopic (exact) mass is 347 g/mol. The van der Waals surface area contributed by atoms with Crippen LogP contribution in [-0.2, 0) is 0 Å². The minimum atomic E-state index is 0.528. The first-order valence-electron chi connectivity index (χ1n) is 8.32. The Morgan fingerprint density at radius 2 is 1.58 bits per heavy atom. The third-order valence-corrected chi connectivity index (χ3v) is 4.14. The van der Waals surface area contributed by atoms with Crippen molar-refractivity contribution in [3.8, 4) is 11.5 Å². The van der Waals surface area contributed by atoms with Gasteiger partial charge in [0.25, 0.3) is 0 Å². The zero-order valence-electron chi connectivity index (χ0n) is 14.9. The van der Waals surface area contributed by atoms with E-state index in [0.29, 0.717) is 12.5 Å². The van der Waals surface area contributed by atoms with Gasteiger partial charge >= 0.3 is 0 Å². The van der Waals surface area contributed by atoms with Crippen molar-refractivity contribution in [2.75, 3.05) is 25.1 Å². The summed E-state index contributed by atoms with van der Waals surface area (Å²) in [6.45, 7) is 10.3. The highest BCUT2D eigenvalue weighted by molar-refractivity contribution is 6.32. The number of ether oxygens (including phenoxy) is 2. The lowest BCUT2D eigenvalue weighted by molar-refractivity contribution is 0.271. The van der Waals surface area contributed by atoms with Crippen LogP contribution in [0.5, 0.6) is 11.5 Å². The molecule has 0 aliphatic rings. The molecule has 2 rings (SSSR count). The predicted octanol–water partition coefficient (Wildman–Crippen LogP) is 5.48. The second-order valence-corrected chi connectivity index (χ2v) is 6.75. The first-order valence-corrected chi connectivity index (χ1v) is 8.70. The highest BCUT2D eigenvalue weighted by Crippen LogP contribution is 2.25. The number of anilines is 1. The zero-order valence-corrected chi connectivity index (χ0v) is 15.6. The fourth-order valence-electron chi connectivity index (χ4n) is 2.29. The Hall–Kier alpha value is -1.87. The van der Waals surface area contributed by atoms with Gasteiger partial charge in [-0.3, -0.25) is 0 Å². The van der Waals surface area contributed by atoms with Crippen molar-refractivity contribution in [2.45, 2.75) is 27.7 Å². The minimum absolute atomic E-state index is 0.528. The molecule has 0 radical (unpaired) electrons. The second-order valence-electron chi connectivity index (χ2n) is 6.38. The lowest BCUT2D eigenvalue weighted by Crippen LogP contribution is -2.11. The first kappa shape index (κ1) is 18.5. The summed E-state index contributed by atoms with van der Waals surface area (Å²) in [6.07, 6.45) is 0. The number of hydrogen-bond acceptors (Lipinski definition) is 3. The van der Waals surface area contributed by atoms with Crippen LogP contribution in [0.2, 0.25) is 5.02 Å². The maximum Gasteiger partial charge on any atom is 0.120 e. The van der Waals surface area contributed by atoms with E-state index in [1.807, 2.05) is 50.2 Å². The van der Waals surface area contributed by atoms with E-state index >= 15 is 0 Å². The largest absolute Gasteiger partial charge is 0.493 e. The van der Waals surface area contributed by atoms with Crippen molar-refractivity contribution in [1.82, 2.24) is 0 Å². The van der Waals surface area contributed by atoms with E-state index in [4.69, 9.17) is 21.1 Å². The van der Waals surface area contributed by atoms with E-state index in [2.05, 4.69) is 19.2 Å². The van der Waals surface area contributed by atoms with E-state index in [0.717, 1.165) is 46.5 Å². The van der Waals surface area contributed by atoms with Crippen molar-refractivity contribution in [2.24, 2.45) is 5.92 Å². The molecule has 0 fully saturated rings. The van der Waals surface area contributed by atoms with Gasteiger partial charge in [0.1, 0.15) is 18.1 Å². The molecule has 2 aromatic carbocycles. The van der Waals surface area contributed by atoms with Gasteiger partial charge in [0.2, 0.25) is 0 Å². The molecule has 0 aliphatic carbocycles. The summed E-state index contributed by atoms with van der Waals surface area (Å²) >= 11 is 6.17. The molecule has 0 bridgehead atoms. The normalized spacial score (nSPS) is 10.8. The topological polar surface area (TPSA) is 30.5 Å². The van der Waals surface area contributed by atoms with Crippen molar-refractivity contribution in [1.29, 1.82) is 0 Å². The molecular formula is C20H26ClNO2. The van der Waals surface area contributed by atoms with E-state index in [1.54, 1.807) is 0 Å². The van der Waals surface area contributed by atoms with Gasteiger partial charge in [-0.05, 0) is 67.3 Å². The fraction of sp³-hybridized carbons (Fsp3) is 0.400. The van der Waals surface area contributed by atoms with Gasteiger partial charge in [0, 0.05) is 17.3 Å². The Balaban J connectivity index is 1.76. The summed E-state index contributed by atoms with van der Waals surface area (Å²) in [7, 11) is 0. The SMILES string of the molecule is Cc1cc(OCCNc2ccc(OCC(C)C)cc2)cc(C)c1Cl. The molecule has 0 saturated heterocycles. The van der Waals surface area contributed by atoms with Crippen molar-refractivity contribution >= 4 is 17.3 Å². The fourth-order valence-corrected chi connectivity index (χ4v) is 2.39. The number of hydrogen-bond donors (Lipinski definition) is 1. The number of halogens is 1. The summed E-state index contributed by atoms with van der Waals surface area (Å²) in [5.74, 6) is 2.28. The van der Waals surface area contributed by atoms with Crippen molar-refractivity contribution in [3.05, 3.63) is 52.5 Å². The van der Waals surface area contributed by atoms with Crippen molar-refractivity contribution < 1.29 is 9.47 Å². The Morgan fingerprint density at radius 1 is 0.958 bits per heavy atom. The third-order valence-electron chi connectivity index (χ3n) is 3.55. The molecule has 1 N–H and O–H groups in total. The average molecular weight is 348 g/mol. The molecule has 0 atom stereocenters. The molecular weight excluding hydrogens is 322 g/mol. The lowest BCUT2D eigenvalue weighted by atomic mass is 10.1. The van der Waals surface area contributed by atoms with Crippen LogP contribution in [-0.4, -0.2) is 19.8 Å². The molecule has 4 heteroatoms.